The second kappa shape index (κ2) is 6.28. The summed E-state index contributed by atoms with van der Waals surface area (Å²) in [5, 5.41) is 3.46. The number of hydrogen-bond donors (Lipinski definition) is 0. The largest absolute Gasteiger partial charge is 0.356 e. The number of aromatic nitrogens is 2. The molecule has 4 heteroatoms. The predicted molar refractivity (Wildman–Crippen MR) is 98.3 cm³/mol. The van der Waals surface area contributed by atoms with Gasteiger partial charge in [-0.3, -0.25) is 0 Å². The highest BCUT2D eigenvalue weighted by Crippen LogP contribution is 2.38. The zero-order valence-corrected chi connectivity index (χ0v) is 14.3. The minimum absolute atomic E-state index is 1.08. The standard InChI is InChI=1S/C19H21N3S/c1-2-14-6-8-15(9-7-14)16-12-23-19-17(16)18(20-13-21-19)22-10-4-3-5-11-22/h6-9,12-13H,2-5,10-11H2,1H3. The molecule has 1 fully saturated rings. The van der Waals surface area contributed by atoms with Gasteiger partial charge in [0.05, 0.1) is 5.39 Å². The minimum Gasteiger partial charge on any atom is -0.356 e. The van der Waals surface area contributed by atoms with Crippen molar-refractivity contribution in [3.05, 3.63) is 41.5 Å². The van der Waals surface area contributed by atoms with E-state index in [0.717, 1.165) is 30.2 Å². The van der Waals surface area contributed by atoms with Crippen molar-refractivity contribution in [1.29, 1.82) is 0 Å². The third kappa shape index (κ3) is 2.72. The van der Waals surface area contributed by atoms with Crippen LogP contribution in [0.3, 0.4) is 0 Å². The average molecular weight is 323 g/mol. The number of hydrogen-bond acceptors (Lipinski definition) is 4. The Morgan fingerprint density at radius 3 is 2.57 bits per heavy atom. The van der Waals surface area contributed by atoms with Crippen LogP contribution in [0, 0.1) is 0 Å². The summed E-state index contributed by atoms with van der Waals surface area (Å²) in [5.41, 5.74) is 3.91. The molecule has 118 valence electrons. The molecular formula is C19H21N3S. The van der Waals surface area contributed by atoms with Gasteiger partial charge in [0.2, 0.25) is 0 Å². The van der Waals surface area contributed by atoms with Crippen LogP contribution in [0.5, 0.6) is 0 Å². The second-order valence-corrected chi connectivity index (χ2v) is 6.98. The Bertz CT molecular complexity index is 801. The molecule has 0 unspecified atom stereocenters. The van der Waals surface area contributed by atoms with Crippen LogP contribution in [0.1, 0.15) is 31.7 Å². The van der Waals surface area contributed by atoms with Gasteiger partial charge in [-0.25, -0.2) is 9.97 Å². The molecule has 0 saturated carbocycles. The molecule has 2 aromatic heterocycles. The third-order valence-corrected chi connectivity index (χ3v) is 5.57. The van der Waals surface area contributed by atoms with Crippen molar-refractivity contribution >= 4 is 27.4 Å². The third-order valence-electron chi connectivity index (χ3n) is 4.68. The van der Waals surface area contributed by atoms with E-state index in [2.05, 4.69) is 51.4 Å². The molecule has 0 amide bonds. The number of piperidine rings is 1. The van der Waals surface area contributed by atoms with Gasteiger partial charge in [-0.05, 0) is 36.8 Å². The van der Waals surface area contributed by atoms with Crippen LogP contribution in [0.2, 0.25) is 0 Å². The van der Waals surface area contributed by atoms with Crippen LogP contribution in [-0.2, 0) is 6.42 Å². The van der Waals surface area contributed by atoms with Crippen molar-refractivity contribution in [3.8, 4) is 11.1 Å². The molecule has 1 aromatic carbocycles. The summed E-state index contributed by atoms with van der Waals surface area (Å²) in [4.78, 5) is 12.7. The van der Waals surface area contributed by atoms with Crippen molar-refractivity contribution in [1.82, 2.24) is 9.97 Å². The summed E-state index contributed by atoms with van der Waals surface area (Å²) in [5.74, 6) is 1.12. The Labute approximate surface area is 141 Å². The molecule has 0 aliphatic carbocycles. The van der Waals surface area contributed by atoms with Gasteiger partial charge in [0.25, 0.3) is 0 Å². The maximum atomic E-state index is 4.64. The molecule has 23 heavy (non-hydrogen) atoms. The van der Waals surface area contributed by atoms with Gasteiger partial charge in [0.15, 0.2) is 0 Å². The Balaban J connectivity index is 1.83. The molecule has 3 heterocycles. The number of thiophene rings is 1. The average Bonchev–Trinajstić information content (AvgIpc) is 3.07. The second-order valence-electron chi connectivity index (χ2n) is 6.12. The highest BCUT2D eigenvalue weighted by atomic mass is 32.1. The Morgan fingerprint density at radius 2 is 1.83 bits per heavy atom. The van der Waals surface area contributed by atoms with Crippen LogP contribution < -0.4 is 4.90 Å². The van der Waals surface area contributed by atoms with Crippen molar-refractivity contribution in [2.45, 2.75) is 32.6 Å². The molecule has 1 aliphatic heterocycles. The number of fused-ring (bicyclic) bond motifs is 1. The summed E-state index contributed by atoms with van der Waals surface area (Å²) in [6, 6.07) is 8.91. The van der Waals surface area contributed by atoms with Gasteiger partial charge in [-0.1, -0.05) is 31.2 Å². The van der Waals surface area contributed by atoms with E-state index in [-0.39, 0.29) is 0 Å². The molecule has 0 spiro atoms. The molecule has 0 radical (unpaired) electrons. The van der Waals surface area contributed by atoms with Gasteiger partial charge in [0, 0.05) is 24.0 Å². The zero-order valence-electron chi connectivity index (χ0n) is 13.5. The zero-order chi connectivity index (χ0) is 15.6. The van der Waals surface area contributed by atoms with E-state index in [0.29, 0.717) is 0 Å². The van der Waals surface area contributed by atoms with Gasteiger partial charge < -0.3 is 4.90 Å². The molecule has 4 rings (SSSR count). The normalized spacial score (nSPS) is 15.3. The summed E-state index contributed by atoms with van der Waals surface area (Å²) >= 11 is 1.72. The van der Waals surface area contributed by atoms with E-state index >= 15 is 0 Å². The molecular weight excluding hydrogens is 302 g/mol. The fraction of sp³-hybridized carbons (Fsp3) is 0.368. The molecule has 0 atom stereocenters. The van der Waals surface area contributed by atoms with Crippen LogP contribution in [0.25, 0.3) is 21.3 Å². The van der Waals surface area contributed by atoms with Gasteiger partial charge in [-0.2, -0.15) is 0 Å². The van der Waals surface area contributed by atoms with E-state index in [1.165, 1.54) is 41.3 Å². The maximum absolute atomic E-state index is 4.64. The lowest BCUT2D eigenvalue weighted by atomic mass is 10.0. The highest BCUT2D eigenvalue weighted by molar-refractivity contribution is 7.17. The lowest BCUT2D eigenvalue weighted by molar-refractivity contribution is 0.574. The topological polar surface area (TPSA) is 29.0 Å². The van der Waals surface area contributed by atoms with E-state index < -0.39 is 0 Å². The van der Waals surface area contributed by atoms with E-state index in [4.69, 9.17) is 0 Å². The van der Waals surface area contributed by atoms with Crippen molar-refractivity contribution in [2.75, 3.05) is 18.0 Å². The Hall–Kier alpha value is -1.94. The van der Waals surface area contributed by atoms with Crippen molar-refractivity contribution < 1.29 is 0 Å². The quantitative estimate of drug-likeness (QED) is 0.685. The summed E-state index contributed by atoms with van der Waals surface area (Å²) in [7, 11) is 0. The van der Waals surface area contributed by atoms with Crippen LogP contribution in [-0.4, -0.2) is 23.1 Å². The number of benzene rings is 1. The van der Waals surface area contributed by atoms with Crippen molar-refractivity contribution in [2.24, 2.45) is 0 Å². The molecule has 3 aromatic rings. The fourth-order valence-electron chi connectivity index (χ4n) is 3.34. The van der Waals surface area contributed by atoms with Gasteiger partial charge >= 0.3 is 0 Å². The Kier molecular flexibility index (Phi) is 4.00. The first-order valence-corrected chi connectivity index (χ1v) is 9.31. The van der Waals surface area contributed by atoms with Gasteiger partial charge in [-0.15, -0.1) is 11.3 Å². The lowest BCUT2D eigenvalue weighted by Crippen LogP contribution is -2.30. The first kappa shape index (κ1) is 14.6. The SMILES string of the molecule is CCc1ccc(-c2csc3ncnc(N4CCCCC4)c23)cc1. The molecule has 1 aliphatic rings. The first-order chi connectivity index (χ1) is 11.4. The minimum atomic E-state index is 1.08. The fourth-order valence-corrected chi connectivity index (χ4v) is 4.25. The Morgan fingerprint density at radius 1 is 1.04 bits per heavy atom. The first-order valence-electron chi connectivity index (χ1n) is 8.43. The number of aryl methyl sites for hydroxylation is 1. The predicted octanol–water partition coefficient (Wildman–Crippen LogP) is 4.91. The van der Waals surface area contributed by atoms with Crippen LogP contribution in [0.4, 0.5) is 5.82 Å². The van der Waals surface area contributed by atoms with E-state index in [1.807, 2.05) is 0 Å². The van der Waals surface area contributed by atoms with E-state index in [9.17, 15) is 0 Å². The maximum Gasteiger partial charge on any atom is 0.141 e. The molecule has 0 N–H and O–H groups in total. The molecule has 0 bridgehead atoms. The number of nitrogens with zero attached hydrogens (tertiary/aromatic N) is 3. The smallest absolute Gasteiger partial charge is 0.141 e. The van der Waals surface area contributed by atoms with Crippen molar-refractivity contribution in [3.63, 3.8) is 0 Å². The van der Waals surface area contributed by atoms with Crippen LogP contribution in [0.15, 0.2) is 36.0 Å². The van der Waals surface area contributed by atoms with Crippen LogP contribution >= 0.6 is 11.3 Å². The lowest BCUT2D eigenvalue weighted by Gasteiger charge is -2.28. The molecule has 1 saturated heterocycles. The molecule has 3 nitrogen and oxygen atoms in total. The van der Waals surface area contributed by atoms with E-state index in [1.54, 1.807) is 17.7 Å². The highest BCUT2D eigenvalue weighted by Gasteiger charge is 2.19. The van der Waals surface area contributed by atoms with Gasteiger partial charge in [0.1, 0.15) is 17.0 Å². The summed E-state index contributed by atoms with van der Waals surface area (Å²) in [6.45, 7) is 4.41. The monoisotopic (exact) mass is 323 g/mol. The number of rotatable bonds is 3. The number of anilines is 1. The summed E-state index contributed by atoms with van der Waals surface area (Å²) in [6.07, 6.45) is 6.64. The summed E-state index contributed by atoms with van der Waals surface area (Å²) < 4.78 is 0.